The Morgan fingerprint density at radius 2 is 2.00 bits per heavy atom. The first-order valence-corrected chi connectivity index (χ1v) is 8.10. The number of hydrogen-bond acceptors (Lipinski definition) is 4. The maximum Gasteiger partial charge on any atom is 0.138 e. The molecule has 0 N–H and O–H groups in total. The Balaban J connectivity index is 2.12. The number of para-hydroxylation sites is 1. The van der Waals surface area contributed by atoms with E-state index in [1.165, 1.54) is 5.56 Å². The van der Waals surface area contributed by atoms with E-state index in [4.69, 9.17) is 17.0 Å². The Bertz CT molecular complexity index is 485. The maximum atomic E-state index is 5.50. The summed E-state index contributed by atoms with van der Waals surface area (Å²) in [5, 5.41) is 0. The molecule has 0 spiro atoms. The fourth-order valence-electron chi connectivity index (χ4n) is 2.09. The highest BCUT2D eigenvalue weighted by Crippen LogP contribution is 2.28. The van der Waals surface area contributed by atoms with E-state index in [1.54, 1.807) is 18.9 Å². The van der Waals surface area contributed by atoms with Gasteiger partial charge in [0, 0.05) is 17.6 Å². The molecule has 0 atom stereocenters. The second kappa shape index (κ2) is 6.33. The molecule has 1 aliphatic rings. The van der Waals surface area contributed by atoms with Crippen molar-refractivity contribution < 1.29 is 4.74 Å². The minimum Gasteiger partial charge on any atom is -0.496 e. The van der Waals surface area contributed by atoms with Gasteiger partial charge in [-0.15, -0.1) is 0 Å². The van der Waals surface area contributed by atoms with E-state index in [-0.39, 0.29) is 5.54 Å². The van der Waals surface area contributed by atoms with Crippen LogP contribution in [0.15, 0.2) is 24.3 Å². The molecule has 1 aromatic carbocycles. The molecule has 3 nitrogen and oxygen atoms in total. The Labute approximate surface area is 131 Å². The fraction of sp³-hybridized carbons (Fsp3) is 0.533. The molecule has 0 aliphatic carbocycles. The fourth-order valence-corrected chi connectivity index (χ4v) is 3.41. The Kier molecular flexibility index (Phi) is 4.94. The van der Waals surface area contributed by atoms with Gasteiger partial charge in [-0.05, 0) is 26.8 Å². The normalized spacial score (nSPS) is 17.4. The van der Waals surface area contributed by atoms with Crippen LogP contribution in [0, 0.1) is 0 Å². The Morgan fingerprint density at radius 3 is 2.65 bits per heavy atom. The summed E-state index contributed by atoms with van der Waals surface area (Å²) in [6, 6.07) is 8.13. The molecule has 5 heteroatoms. The highest BCUT2D eigenvalue weighted by molar-refractivity contribution is 8.22. The zero-order valence-electron chi connectivity index (χ0n) is 12.5. The molecule has 0 saturated carbocycles. The van der Waals surface area contributed by atoms with Gasteiger partial charge in [0.05, 0.1) is 19.7 Å². The van der Waals surface area contributed by atoms with E-state index in [0.29, 0.717) is 0 Å². The van der Waals surface area contributed by atoms with Crippen molar-refractivity contribution in [2.45, 2.75) is 32.9 Å². The van der Waals surface area contributed by atoms with E-state index < -0.39 is 0 Å². The third-order valence-electron chi connectivity index (χ3n) is 3.45. The van der Waals surface area contributed by atoms with Crippen LogP contribution in [0.4, 0.5) is 0 Å². The maximum absolute atomic E-state index is 5.50. The van der Waals surface area contributed by atoms with E-state index in [2.05, 4.69) is 36.6 Å². The molecule has 0 bridgehead atoms. The van der Waals surface area contributed by atoms with Gasteiger partial charge >= 0.3 is 0 Å². The quantitative estimate of drug-likeness (QED) is 0.791. The number of hydrogen-bond donors (Lipinski definition) is 0. The van der Waals surface area contributed by atoms with Crippen LogP contribution in [0.25, 0.3) is 0 Å². The number of ether oxygens (including phenoxy) is 1. The van der Waals surface area contributed by atoms with Crippen molar-refractivity contribution in [1.82, 2.24) is 9.80 Å². The molecular weight excluding hydrogens is 288 g/mol. The van der Waals surface area contributed by atoms with Gasteiger partial charge in [-0.1, -0.05) is 42.2 Å². The van der Waals surface area contributed by atoms with Crippen LogP contribution in [-0.4, -0.2) is 39.3 Å². The molecule has 20 heavy (non-hydrogen) atoms. The summed E-state index contributed by atoms with van der Waals surface area (Å²) in [5.74, 6) is 1.89. The van der Waals surface area contributed by atoms with Crippen LogP contribution in [0.2, 0.25) is 0 Å². The number of nitrogens with zero attached hydrogens (tertiary/aromatic N) is 2. The van der Waals surface area contributed by atoms with Crippen LogP contribution in [0.5, 0.6) is 5.75 Å². The molecular formula is C15H22N2OS2. The second-order valence-electron chi connectivity index (χ2n) is 5.90. The highest BCUT2D eigenvalue weighted by Gasteiger charge is 2.29. The second-order valence-corrected chi connectivity index (χ2v) is 7.48. The van der Waals surface area contributed by atoms with Crippen molar-refractivity contribution in [2.24, 2.45) is 0 Å². The van der Waals surface area contributed by atoms with Crippen LogP contribution in [0.1, 0.15) is 26.3 Å². The van der Waals surface area contributed by atoms with Crippen LogP contribution in [0.3, 0.4) is 0 Å². The molecule has 0 aromatic heterocycles. The summed E-state index contributed by atoms with van der Waals surface area (Å²) < 4.78 is 6.39. The Morgan fingerprint density at radius 1 is 1.30 bits per heavy atom. The lowest BCUT2D eigenvalue weighted by molar-refractivity contribution is 0.106. The van der Waals surface area contributed by atoms with Gasteiger partial charge in [-0.25, -0.2) is 0 Å². The van der Waals surface area contributed by atoms with Crippen molar-refractivity contribution in [3.63, 3.8) is 0 Å². The standard InChI is InChI=1S/C15H22N2OS2/c1-15(2,3)17-10-16(14(19)20-11-17)9-12-7-5-6-8-13(12)18-4/h5-8H,9-11H2,1-4H3. The first-order chi connectivity index (χ1) is 9.41. The molecule has 2 rings (SSSR count). The predicted molar refractivity (Wildman–Crippen MR) is 90.1 cm³/mol. The first-order valence-electron chi connectivity index (χ1n) is 6.70. The lowest BCUT2D eigenvalue weighted by Crippen LogP contribution is -2.52. The average Bonchev–Trinajstić information content (AvgIpc) is 2.40. The topological polar surface area (TPSA) is 15.7 Å². The third-order valence-corrected chi connectivity index (χ3v) is 5.00. The number of thioether (sulfide) groups is 1. The molecule has 1 aliphatic heterocycles. The van der Waals surface area contributed by atoms with Gasteiger partial charge in [0.25, 0.3) is 0 Å². The molecule has 0 radical (unpaired) electrons. The van der Waals surface area contributed by atoms with Crippen molar-refractivity contribution >= 4 is 28.3 Å². The number of methoxy groups -OCH3 is 1. The zero-order chi connectivity index (χ0) is 14.8. The molecule has 1 heterocycles. The summed E-state index contributed by atoms with van der Waals surface area (Å²) in [7, 11) is 1.71. The largest absolute Gasteiger partial charge is 0.496 e. The van der Waals surface area contributed by atoms with Gasteiger partial charge in [-0.3, -0.25) is 4.90 Å². The molecule has 1 fully saturated rings. The van der Waals surface area contributed by atoms with Gasteiger partial charge in [0.2, 0.25) is 0 Å². The number of thiocarbonyl (C=S) groups is 1. The van der Waals surface area contributed by atoms with Crippen molar-refractivity contribution in [3.05, 3.63) is 29.8 Å². The number of benzene rings is 1. The van der Waals surface area contributed by atoms with Crippen molar-refractivity contribution in [1.29, 1.82) is 0 Å². The molecule has 0 unspecified atom stereocenters. The summed E-state index contributed by atoms with van der Waals surface area (Å²) in [6.07, 6.45) is 0. The molecule has 1 aromatic rings. The SMILES string of the molecule is COc1ccccc1CN1CN(C(C)(C)C)CSC1=S. The molecule has 1 saturated heterocycles. The van der Waals surface area contributed by atoms with Gasteiger partial charge in [-0.2, -0.15) is 0 Å². The van der Waals surface area contributed by atoms with Crippen LogP contribution in [-0.2, 0) is 6.54 Å². The minimum atomic E-state index is 0.155. The van der Waals surface area contributed by atoms with Gasteiger partial charge in [0.15, 0.2) is 0 Å². The zero-order valence-corrected chi connectivity index (χ0v) is 14.2. The van der Waals surface area contributed by atoms with E-state index in [1.807, 2.05) is 18.2 Å². The van der Waals surface area contributed by atoms with Crippen LogP contribution < -0.4 is 4.74 Å². The van der Waals surface area contributed by atoms with E-state index in [9.17, 15) is 0 Å². The monoisotopic (exact) mass is 310 g/mol. The summed E-state index contributed by atoms with van der Waals surface area (Å²) in [6.45, 7) is 8.38. The lowest BCUT2D eigenvalue weighted by atomic mass is 10.1. The molecule has 0 amide bonds. The van der Waals surface area contributed by atoms with E-state index in [0.717, 1.165) is 29.2 Å². The first kappa shape index (κ1) is 15.6. The highest BCUT2D eigenvalue weighted by atomic mass is 32.2. The van der Waals surface area contributed by atoms with Gasteiger partial charge < -0.3 is 9.64 Å². The summed E-state index contributed by atoms with van der Waals surface area (Å²) >= 11 is 7.24. The van der Waals surface area contributed by atoms with Crippen molar-refractivity contribution in [2.75, 3.05) is 19.7 Å². The smallest absolute Gasteiger partial charge is 0.138 e. The summed E-state index contributed by atoms with van der Waals surface area (Å²) in [5.41, 5.74) is 1.33. The Hall–Kier alpha value is -0.780. The average molecular weight is 310 g/mol. The predicted octanol–water partition coefficient (Wildman–Crippen LogP) is 3.54. The van der Waals surface area contributed by atoms with Gasteiger partial charge in [0.1, 0.15) is 10.1 Å². The van der Waals surface area contributed by atoms with Crippen molar-refractivity contribution in [3.8, 4) is 5.75 Å². The lowest BCUT2D eigenvalue weighted by Gasteiger charge is -2.43. The summed E-state index contributed by atoms with van der Waals surface area (Å²) in [4.78, 5) is 4.68. The minimum absolute atomic E-state index is 0.155. The number of rotatable bonds is 3. The molecule has 110 valence electrons. The third kappa shape index (κ3) is 3.65. The van der Waals surface area contributed by atoms with Crippen LogP contribution >= 0.6 is 24.0 Å². The van der Waals surface area contributed by atoms with E-state index >= 15 is 0 Å².